The van der Waals surface area contributed by atoms with E-state index in [1.807, 2.05) is 0 Å². The smallest absolute Gasteiger partial charge is 0.244 e. The summed E-state index contributed by atoms with van der Waals surface area (Å²) in [5.41, 5.74) is 0. The molecule has 0 aliphatic carbocycles. The van der Waals surface area contributed by atoms with E-state index in [0.29, 0.717) is 37.5 Å². The molecule has 146 valence electrons. The largest absolute Gasteiger partial charge is 0.356 e. The second kappa shape index (κ2) is 9.93. The Bertz CT molecular complexity index is 717. The molecule has 1 heterocycles. The number of rotatable bonds is 8. The van der Waals surface area contributed by atoms with Gasteiger partial charge in [0.15, 0.2) is 0 Å². The van der Waals surface area contributed by atoms with Gasteiger partial charge in [-0.2, -0.15) is 4.31 Å². The molecular weight excluding hydrogens is 395 g/mol. The number of carbonyl (C=O) groups excluding carboxylic acids is 1. The Labute approximate surface area is 166 Å². The average molecular weight is 421 g/mol. The Hall–Kier alpha value is -0.820. The zero-order valence-electron chi connectivity index (χ0n) is 15.0. The molecule has 1 amide bonds. The number of carbonyl (C=O) groups is 1. The fourth-order valence-electron chi connectivity index (χ4n) is 3.08. The summed E-state index contributed by atoms with van der Waals surface area (Å²) in [6, 6.07) is 4.41. The van der Waals surface area contributed by atoms with Crippen molar-refractivity contribution in [1.82, 2.24) is 9.62 Å². The van der Waals surface area contributed by atoms with Crippen LogP contribution in [0.3, 0.4) is 0 Å². The normalized spacial score (nSPS) is 16.6. The van der Waals surface area contributed by atoms with Crippen LogP contribution >= 0.6 is 23.2 Å². The third kappa shape index (κ3) is 5.59. The molecule has 8 heteroatoms. The number of nitrogens with one attached hydrogen (secondary N) is 1. The Morgan fingerprint density at radius 2 is 1.88 bits per heavy atom. The topological polar surface area (TPSA) is 66.5 Å². The summed E-state index contributed by atoms with van der Waals surface area (Å²) in [6.45, 7) is 3.45. The number of sulfonamides is 1. The van der Waals surface area contributed by atoms with Crippen molar-refractivity contribution >= 4 is 39.1 Å². The van der Waals surface area contributed by atoms with Gasteiger partial charge in [-0.15, -0.1) is 0 Å². The van der Waals surface area contributed by atoms with Crippen LogP contribution in [0.25, 0.3) is 0 Å². The van der Waals surface area contributed by atoms with Gasteiger partial charge in [0.05, 0.1) is 5.02 Å². The van der Waals surface area contributed by atoms with Gasteiger partial charge in [-0.1, -0.05) is 49.4 Å². The second-order valence-corrected chi connectivity index (χ2v) is 9.35. The summed E-state index contributed by atoms with van der Waals surface area (Å²) < 4.78 is 27.0. The lowest BCUT2D eigenvalue weighted by Crippen LogP contribution is -2.43. The molecule has 0 atom stereocenters. The first kappa shape index (κ1) is 21.5. The lowest BCUT2D eigenvalue weighted by Gasteiger charge is -2.30. The van der Waals surface area contributed by atoms with Crippen LogP contribution in [0.5, 0.6) is 0 Å². The summed E-state index contributed by atoms with van der Waals surface area (Å²) in [5.74, 6) is -0.109. The Morgan fingerprint density at radius 1 is 1.19 bits per heavy atom. The molecule has 0 unspecified atom stereocenters. The lowest BCUT2D eigenvalue weighted by molar-refractivity contribution is -0.126. The van der Waals surface area contributed by atoms with E-state index in [4.69, 9.17) is 23.2 Å². The molecule has 5 nitrogen and oxygen atoms in total. The molecule has 1 aromatic rings. The van der Waals surface area contributed by atoms with Crippen molar-refractivity contribution in [3.63, 3.8) is 0 Å². The van der Waals surface area contributed by atoms with Gasteiger partial charge in [-0.3, -0.25) is 4.79 Å². The molecule has 1 fully saturated rings. The van der Waals surface area contributed by atoms with Gasteiger partial charge in [-0.25, -0.2) is 8.42 Å². The summed E-state index contributed by atoms with van der Waals surface area (Å²) >= 11 is 12.0. The first-order valence-corrected chi connectivity index (χ1v) is 11.3. The molecule has 0 bridgehead atoms. The van der Waals surface area contributed by atoms with Gasteiger partial charge < -0.3 is 5.32 Å². The van der Waals surface area contributed by atoms with E-state index in [2.05, 4.69) is 12.2 Å². The van der Waals surface area contributed by atoms with Crippen LogP contribution in [0.1, 0.15) is 45.4 Å². The molecule has 1 aliphatic rings. The number of hydrogen-bond donors (Lipinski definition) is 1. The molecule has 1 saturated heterocycles. The van der Waals surface area contributed by atoms with Crippen molar-refractivity contribution < 1.29 is 13.2 Å². The van der Waals surface area contributed by atoms with Crippen LogP contribution in [-0.2, 0) is 14.8 Å². The van der Waals surface area contributed by atoms with Gasteiger partial charge in [0.1, 0.15) is 4.90 Å². The van der Waals surface area contributed by atoms with E-state index in [-0.39, 0.29) is 21.7 Å². The molecule has 0 saturated carbocycles. The number of halogens is 2. The van der Waals surface area contributed by atoms with Crippen molar-refractivity contribution in [3.8, 4) is 0 Å². The highest BCUT2D eigenvalue weighted by Gasteiger charge is 2.33. The molecule has 0 spiro atoms. The fraction of sp³-hybridized carbons (Fsp3) is 0.611. The monoisotopic (exact) mass is 420 g/mol. The lowest BCUT2D eigenvalue weighted by atomic mass is 9.97. The number of hydrogen-bond acceptors (Lipinski definition) is 3. The van der Waals surface area contributed by atoms with E-state index < -0.39 is 10.0 Å². The Kier molecular flexibility index (Phi) is 8.20. The molecule has 26 heavy (non-hydrogen) atoms. The van der Waals surface area contributed by atoms with Gasteiger partial charge in [0.25, 0.3) is 0 Å². The summed E-state index contributed by atoms with van der Waals surface area (Å²) in [7, 11) is -3.71. The van der Waals surface area contributed by atoms with Crippen LogP contribution < -0.4 is 5.32 Å². The van der Waals surface area contributed by atoms with Gasteiger partial charge in [0.2, 0.25) is 15.9 Å². The minimum atomic E-state index is -3.71. The molecule has 1 aliphatic heterocycles. The number of nitrogens with zero attached hydrogens (tertiary/aromatic N) is 1. The maximum absolute atomic E-state index is 12.8. The van der Waals surface area contributed by atoms with Gasteiger partial charge >= 0.3 is 0 Å². The zero-order valence-corrected chi connectivity index (χ0v) is 17.3. The van der Waals surface area contributed by atoms with Crippen molar-refractivity contribution in [2.45, 2.75) is 50.3 Å². The molecule has 0 aromatic heterocycles. The van der Waals surface area contributed by atoms with E-state index >= 15 is 0 Å². The Morgan fingerprint density at radius 3 is 2.54 bits per heavy atom. The highest BCUT2D eigenvalue weighted by molar-refractivity contribution is 7.89. The van der Waals surface area contributed by atoms with Crippen molar-refractivity contribution in [3.05, 3.63) is 28.2 Å². The fourth-order valence-corrected chi connectivity index (χ4v) is 5.29. The van der Waals surface area contributed by atoms with E-state index in [9.17, 15) is 13.2 Å². The van der Waals surface area contributed by atoms with E-state index in [1.54, 1.807) is 6.07 Å². The predicted octanol–water partition coefficient (Wildman–Crippen LogP) is 4.09. The highest BCUT2D eigenvalue weighted by atomic mass is 35.5. The van der Waals surface area contributed by atoms with Crippen LogP contribution in [0, 0.1) is 5.92 Å². The number of benzene rings is 1. The first-order valence-electron chi connectivity index (χ1n) is 9.09. The number of unbranched alkanes of at least 4 members (excludes halogenated alkanes) is 3. The third-order valence-corrected chi connectivity index (χ3v) is 7.28. The number of piperidine rings is 1. The van der Waals surface area contributed by atoms with Crippen molar-refractivity contribution in [2.24, 2.45) is 5.92 Å². The first-order chi connectivity index (χ1) is 12.4. The van der Waals surface area contributed by atoms with Crippen LogP contribution in [0.2, 0.25) is 10.0 Å². The molecule has 1 N–H and O–H groups in total. The molecule has 2 rings (SSSR count). The Balaban J connectivity index is 1.89. The summed E-state index contributed by atoms with van der Waals surface area (Å²) in [5, 5.41) is 3.45. The maximum atomic E-state index is 12.8. The van der Waals surface area contributed by atoms with Crippen LogP contribution in [-0.4, -0.2) is 38.3 Å². The average Bonchev–Trinajstić information content (AvgIpc) is 2.63. The molecule has 1 aromatic carbocycles. The van der Waals surface area contributed by atoms with Gasteiger partial charge in [-0.05, 0) is 37.5 Å². The third-order valence-electron chi connectivity index (χ3n) is 4.67. The summed E-state index contributed by atoms with van der Waals surface area (Å²) in [4.78, 5) is 12.3. The van der Waals surface area contributed by atoms with Crippen LogP contribution in [0.15, 0.2) is 23.1 Å². The second-order valence-electron chi connectivity index (χ2n) is 6.60. The zero-order chi connectivity index (χ0) is 19.2. The standard InChI is InChI=1S/C18H26Cl2N2O3S/c1-2-3-4-5-10-21-18(23)14-8-11-22(12-9-14)26(24,25)17-13-15(19)6-7-16(17)20/h6-7,13-14H,2-5,8-12H2,1H3,(H,21,23). The quantitative estimate of drug-likeness (QED) is 0.643. The number of amides is 1. The van der Waals surface area contributed by atoms with E-state index in [1.165, 1.54) is 22.9 Å². The van der Waals surface area contributed by atoms with Crippen molar-refractivity contribution in [2.75, 3.05) is 19.6 Å². The minimum absolute atomic E-state index is 0.0190. The van der Waals surface area contributed by atoms with E-state index in [0.717, 1.165) is 19.3 Å². The van der Waals surface area contributed by atoms with Crippen LogP contribution in [0.4, 0.5) is 0 Å². The van der Waals surface area contributed by atoms with Crippen molar-refractivity contribution in [1.29, 1.82) is 0 Å². The highest BCUT2D eigenvalue weighted by Crippen LogP contribution is 2.30. The molecule has 0 radical (unpaired) electrons. The predicted molar refractivity (Wildman–Crippen MR) is 105 cm³/mol. The van der Waals surface area contributed by atoms with Gasteiger partial charge in [0, 0.05) is 30.6 Å². The SMILES string of the molecule is CCCCCCNC(=O)C1CCN(S(=O)(=O)c2cc(Cl)ccc2Cl)CC1. The minimum Gasteiger partial charge on any atom is -0.356 e. The summed E-state index contributed by atoms with van der Waals surface area (Å²) in [6.07, 6.45) is 5.47. The molecular formula is C18H26Cl2N2O3S. The maximum Gasteiger partial charge on any atom is 0.244 e.